The van der Waals surface area contributed by atoms with E-state index in [1.165, 1.54) is 6.42 Å². The SMILES string of the molecule is COc1ccccc1COC(=O)N[C@@](C)(Cc1c[nH]c2ccccc12)C(=O)NCC1(c2ccccn2)CCCCC1. The highest BCUT2D eigenvalue weighted by molar-refractivity contribution is 5.91. The van der Waals surface area contributed by atoms with Gasteiger partial charge in [0, 0.05) is 52.9 Å². The summed E-state index contributed by atoms with van der Waals surface area (Å²) in [7, 11) is 1.57. The van der Waals surface area contributed by atoms with Gasteiger partial charge in [-0.05, 0) is 49.6 Å². The number of rotatable bonds is 10. The molecular weight excluding hydrogens is 516 g/mol. The molecule has 2 amide bonds. The first kappa shape index (κ1) is 28.2. The molecule has 0 radical (unpaired) electrons. The van der Waals surface area contributed by atoms with Crippen LogP contribution in [-0.4, -0.2) is 41.2 Å². The van der Waals surface area contributed by atoms with Gasteiger partial charge in [-0.1, -0.05) is 61.7 Å². The molecule has 0 aliphatic heterocycles. The molecule has 1 aliphatic carbocycles. The number of benzene rings is 2. The molecule has 1 fully saturated rings. The maximum Gasteiger partial charge on any atom is 0.408 e. The quantitative estimate of drug-likeness (QED) is 0.229. The van der Waals surface area contributed by atoms with Crippen LogP contribution in [0.1, 0.15) is 55.8 Å². The van der Waals surface area contributed by atoms with Crippen molar-refractivity contribution in [1.82, 2.24) is 20.6 Å². The minimum absolute atomic E-state index is 0.0173. The molecule has 0 unspecified atom stereocenters. The number of aromatic amines is 1. The summed E-state index contributed by atoms with van der Waals surface area (Å²) in [6.07, 6.45) is 8.59. The number of hydrogen-bond donors (Lipinski definition) is 3. The summed E-state index contributed by atoms with van der Waals surface area (Å²) in [5.74, 6) is 0.366. The Hall–Kier alpha value is -4.33. The van der Waals surface area contributed by atoms with Gasteiger partial charge in [-0.15, -0.1) is 0 Å². The molecule has 214 valence electrons. The highest BCUT2D eigenvalue weighted by atomic mass is 16.5. The predicted octanol–water partition coefficient (Wildman–Crippen LogP) is 5.82. The van der Waals surface area contributed by atoms with Crippen molar-refractivity contribution >= 4 is 22.9 Å². The highest BCUT2D eigenvalue weighted by Crippen LogP contribution is 2.38. The lowest BCUT2D eigenvalue weighted by Gasteiger charge is -2.38. The molecule has 2 aromatic carbocycles. The van der Waals surface area contributed by atoms with E-state index in [9.17, 15) is 9.59 Å². The number of H-pyrrole nitrogens is 1. The third kappa shape index (κ3) is 6.37. The normalized spacial score (nSPS) is 16.0. The Balaban J connectivity index is 1.36. The zero-order valence-electron chi connectivity index (χ0n) is 23.7. The molecule has 2 aromatic heterocycles. The average Bonchev–Trinajstić information content (AvgIpc) is 3.42. The zero-order valence-corrected chi connectivity index (χ0v) is 23.7. The smallest absolute Gasteiger partial charge is 0.408 e. The number of pyridine rings is 1. The van der Waals surface area contributed by atoms with Crippen LogP contribution >= 0.6 is 0 Å². The van der Waals surface area contributed by atoms with Gasteiger partial charge in [0.15, 0.2) is 0 Å². The number of amides is 2. The molecule has 1 saturated carbocycles. The fraction of sp³-hybridized carbons (Fsp3) is 0.364. The molecule has 1 atom stereocenters. The minimum Gasteiger partial charge on any atom is -0.496 e. The van der Waals surface area contributed by atoms with Gasteiger partial charge in [0.1, 0.15) is 17.9 Å². The van der Waals surface area contributed by atoms with Gasteiger partial charge in [0.25, 0.3) is 0 Å². The molecule has 4 aromatic rings. The van der Waals surface area contributed by atoms with Crippen molar-refractivity contribution in [2.75, 3.05) is 13.7 Å². The first-order valence-electron chi connectivity index (χ1n) is 14.2. The van der Waals surface area contributed by atoms with Crippen LogP contribution in [0, 0.1) is 0 Å². The fourth-order valence-electron chi connectivity index (χ4n) is 5.94. The molecule has 41 heavy (non-hydrogen) atoms. The van der Waals surface area contributed by atoms with Gasteiger partial charge >= 0.3 is 6.09 Å². The van der Waals surface area contributed by atoms with Gasteiger partial charge in [0.2, 0.25) is 5.91 Å². The maximum atomic E-state index is 14.0. The topological polar surface area (TPSA) is 105 Å². The summed E-state index contributed by atoms with van der Waals surface area (Å²) in [6, 6.07) is 21.3. The van der Waals surface area contributed by atoms with Crippen LogP contribution in [0.4, 0.5) is 4.79 Å². The molecule has 0 saturated heterocycles. The van der Waals surface area contributed by atoms with Crippen LogP contribution in [0.15, 0.2) is 79.1 Å². The van der Waals surface area contributed by atoms with E-state index in [1.807, 2.05) is 73.1 Å². The van der Waals surface area contributed by atoms with Crippen molar-refractivity contribution in [2.45, 2.75) is 63.0 Å². The van der Waals surface area contributed by atoms with E-state index in [4.69, 9.17) is 9.47 Å². The van der Waals surface area contributed by atoms with E-state index >= 15 is 0 Å². The molecule has 0 spiro atoms. The van der Waals surface area contributed by atoms with Crippen molar-refractivity contribution < 1.29 is 19.1 Å². The molecule has 3 N–H and O–H groups in total. The Labute approximate surface area is 240 Å². The number of ether oxygens (including phenoxy) is 2. The van der Waals surface area contributed by atoms with Crippen LogP contribution in [-0.2, 0) is 28.0 Å². The highest BCUT2D eigenvalue weighted by Gasteiger charge is 2.40. The van der Waals surface area contributed by atoms with Gasteiger partial charge in [-0.3, -0.25) is 9.78 Å². The lowest BCUT2D eigenvalue weighted by Crippen LogP contribution is -2.59. The van der Waals surface area contributed by atoms with Gasteiger partial charge in [-0.2, -0.15) is 0 Å². The molecular formula is C33H38N4O4. The first-order valence-corrected chi connectivity index (χ1v) is 14.2. The Kier molecular flexibility index (Phi) is 8.57. The number of hydrogen-bond acceptors (Lipinski definition) is 5. The number of carbonyl (C=O) groups excluding carboxylic acids is 2. The summed E-state index contributed by atoms with van der Waals surface area (Å²) in [5, 5.41) is 7.12. The molecule has 8 heteroatoms. The second-order valence-corrected chi connectivity index (χ2v) is 11.1. The maximum absolute atomic E-state index is 14.0. The van der Waals surface area contributed by atoms with Crippen LogP contribution in [0.3, 0.4) is 0 Å². The van der Waals surface area contributed by atoms with Crippen molar-refractivity contribution in [3.63, 3.8) is 0 Å². The third-order valence-corrected chi connectivity index (χ3v) is 8.26. The summed E-state index contributed by atoms with van der Waals surface area (Å²) >= 11 is 0. The van der Waals surface area contributed by atoms with Crippen molar-refractivity contribution in [3.05, 3.63) is 95.9 Å². The Morgan fingerprint density at radius 2 is 1.73 bits per heavy atom. The average molecular weight is 555 g/mol. The van der Waals surface area contributed by atoms with Gasteiger partial charge in [0.05, 0.1) is 7.11 Å². The Bertz CT molecular complexity index is 1480. The Morgan fingerprint density at radius 1 is 0.976 bits per heavy atom. The lowest BCUT2D eigenvalue weighted by atomic mass is 9.71. The Morgan fingerprint density at radius 3 is 2.51 bits per heavy atom. The summed E-state index contributed by atoms with van der Waals surface area (Å²) in [6.45, 7) is 2.22. The number of fused-ring (bicyclic) bond motifs is 1. The largest absolute Gasteiger partial charge is 0.496 e. The first-order chi connectivity index (χ1) is 19.9. The van der Waals surface area contributed by atoms with E-state index < -0.39 is 11.6 Å². The van der Waals surface area contributed by atoms with E-state index in [-0.39, 0.29) is 24.3 Å². The number of methoxy groups -OCH3 is 1. The van der Waals surface area contributed by atoms with E-state index in [1.54, 1.807) is 14.0 Å². The van der Waals surface area contributed by atoms with Gasteiger partial charge < -0.3 is 25.1 Å². The third-order valence-electron chi connectivity index (χ3n) is 8.26. The summed E-state index contributed by atoms with van der Waals surface area (Å²) in [4.78, 5) is 35.1. The molecule has 1 aliphatic rings. The van der Waals surface area contributed by atoms with E-state index in [0.717, 1.165) is 53.4 Å². The second kappa shape index (κ2) is 12.5. The van der Waals surface area contributed by atoms with E-state index in [0.29, 0.717) is 12.3 Å². The number of carbonyl (C=O) groups is 2. The van der Waals surface area contributed by atoms with Gasteiger partial charge in [-0.25, -0.2) is 4.79 Å². The standard InChI is InChI=1S/C33H38N4O4/c1-32(20-25-21-35-27-14-6-5-13-26(25)27,37-31(39)41-22-24-12-4-7-15-28(24)40-2)30(38)36-23-33(17-9-3-10-18-33)29-16-8-11-19-34-29/h4-8,11-16,19,21,35H,3,9-10,17-18,20,22-23H2,1-2H3,(H,36,38)(H,37,39)/t32-/m0/s1. The zero-order chi connectivity index (χ0) is 28.7. The number of alkyl carbamates (subject to hydrolysis) is 1. The monoisotopic (exact) mass is 554 g/mol. The van der Waals surface area contributed by atoms with Crippen LogP contribution in [0.5, 0.6) is 5.75 Å². The lowest BCUT2D eigenvalue weighted by molar-refractivity contribution is -0.127. The van der Waals surface area contributed by atoms with Crippen molar-refractivity contribution in [1.29, 1.82) is 0 Å². The number of nitrogens with one attached hydrogen (secondary N) is 3. The van der Waals surface area contributed by atoms with Crippen LogP contribution in [0.25, 0.3) is 10.9 Å². The fourth-order valence-corrected chi connectivity index (χ4v) is 5.94. The van der Waals surface area contributed by atoms with Crippen molar-refractivity contribution in [3.8, 4) is 5.75 Å². The number of aromatic nitrogens is 2. The predicted molar refractivity (Wildman–Crippen MR) is 159 cm³/mol. The molecule has 8 nitrogen and oxygen atoms in total. The molecule has 0 bridgehead atoms. The number of para-hydroxylation sites is 2. The number of nitrogens with zero attached hydrogens (tertiary/aromatic N) is 1. The van der Waals surface area contributed by atoms with E-state index in [2.05, 4.69) is 26.7 Å². The van der Waals surface area contributed by atoms with Crippen LogP contribution in [0.2, 0.25) is 0 Å². The summed E-state index contributed by atoms with van der Waals surface area (Å²) in [5.41, 5.74) is 2.13. The summed E-state index contributed by atoms with van der Waals surface area (Å²) < 4.78 is 11.0. The molecule has 2 heterocycles. The molecule has 5 rings (SSSR count). The minimum atomic E-state index is -1.28. The van der Waals surface area contributed by atoms with Crippen molar-refractivity contribution in [2.24, 2.45) is 0 Å². The van der Waals surface area contributed by atoms with Crippen LogP contribution < -0.4 is 15.4 Å². The second-order valence-electron chi connectivity index (χ2n) is 11.1.